The Bertz CT molecular complexity index is 1890. The van der Waals surface area contributed by atoms with Crippen molar-refractivity contribution in [2.45, 2.75) is 51.4 Å². The second-order valence-corrected chi connectivity index (χ2v) is 16.4. The van der Waals surface area contributed by atoms with Crippen molar-refractivity contribution in [2.24, 2.45) is 0 Å². The first-order valence-corrected chi connectivity index (χ1v) is 18.5. The Labute approximate surface area is 267 Å². The van der Waals surface area contributed by atoms with Crippen molar-refractivity contribution in [1.82, 2.24) is 20.4 Å². The Kier molecular flexibility index (Phi) is 6.55. The minimum Gasteiger partial charge on any atom is -0.414 e. The van der Waals surface area contributed by atoms with Gasteiger partial charge in [0, 0.05) is 29.3 Å². The van der Waals surface area contributed by atoms with E-state index in [2.05, 4.69) is 56.8 Å². The standard InChI is InChI=1S/C32H24N4O2S5/c1-3-7-19-17(5-1)15-27(39-19)21-9-11-23(41-21)29-33-35-31(37-29)25-13-14-26(43-25)32-36-34-30(38-32)24-12-10-22(42-24)28-16-18-6-2-4-8-20(18)40-28/h9-16H,1-8H2. The quantitative estimate of drug-likeness (QED) is 0.177. The minimum absolute atomic E-state index is 0.495. The van der Waals surface area contributed by atoms with Crippen LogP contribution in [0, 0.1) is 0 Å². The third kappa shape index (κ3) is 4.87. The third-order valence-electron chi connectivity index (χ3n) is 7.99. The largest absolute Gasteiger partial charge is 0.414 e. The van der Waals surface area contributed by atoms with E-state index in [1.165, 1.54) is 93.3 Å². The molecule has 43 heavy (non-hydrogen) atoms. The van der Waals surface area contributed by atoms with Gasteiger partial charge in [-0.25, -0.2) is 0 Å². The Morgan fingerprint density at radius 2 is 0.744 bits per heavy atom. The molecule has 0 N–H and O–H groups in total. The zero-order chi connectivity index (χ0) is 28.3. The molecule has 0 fully saturated rings. The van der Waals surface area contributed by atoms with Gasteiger partial charge in [-0.05, 0) is 111 Å². The van der Waals surface area contributed by atoms with Crippen molar-refractivity contribution in [3.05, 3.63) is 69.4 Å². The fourth-order valence-electron chi connectivity index (χ4n) is 5.81. The number of nitrogens with zero attached hydrogens (tertiary/aromatic N) is 4. The topological polar surface area (TPSA) is 77.8 Å². The van der Waals surface area contributed by atoms with Crippen LogP contribution in [0.2, 0.25) is 0 Å². The molecule has 0 radical (unpaired) electrons. The van der Waals surface area contributed by atoms with Crippen LogP contribution >= 0.6 is 56.7 Å². The lowest BCUT2D eigenvalue weighted by Crippen LogP contribution is -1.96. The van der Waals surface area contributed by atoms with Crippen LogP contribution < -0.4 is 0 Å². The molecule has 6 nitrogen and oxygen atoms in total. The summed E-state index contributed by atoms with van der Waals surface area (Å²) in [6.45, 7) is 0. The van der Waals surface area contributed by atoms with E-state index in [-0.39, 0.29) is 0 Å². The molecule has 11 heteroatoms. The number of hydrogen-bond donors (Lipinski definition) is 0. The molecular formula is C32H24N4O2S5. The second-order valence-electron chi connectivity index (χ2n) is 10.8. The van der Waals surface area contributed by atoms with Gasteiger partial charge in [-0.3, -0.25) is 0 Å². The van der Waals surface area contributed by atoms with Crippen LogP contribution in [0.5, 0.6) is 0 Å². The van der Waals surface area contributed by atoms with E-state index < -0.39 is 0 Å². The lowest BCUT2D eigenvalue weighted by Gasteiger charge is -2.08. The predicted molar refractivity (Wildman–Crippen MR) is 177 cm³/mol. The molecule has 0 saturated carbocycles. The van der Waals surface area contributed by atoms with E-state index in [4.69, 9.17) is 8.83 Å². The molecule has 9 rings (SSSR count). The maximum atomic E-state index is 6.12. The minimum atomic E-state index is 0.495. The Balaban J connectivity index is 0.920. The van der Waals surface area contributed by atoms with Crippen LogP contribution in [0.15, 0.2) is 57.4 Å². The summed E-state index contributed by atoms with van der Waals surface area (Å²) >= 11 is 8.78. The van der Waals surface area contributed by atoms with E-state index in [1.807, 2.05) is 34.8 Å². The molecule has 7 aromatic heterocycles. The van der Waals surface area contributed by atoms with E-state index in [9.17, 15) is 0 Å². The molecule has 0 bridgehead atoms. The second kappa shape index (κ2) is 10.7. The van der Waals surface area contributed by atoms with Crippen molar-refractivity contribution in [2.75, 3.05) is 0 Å². The zero-order valence-electron chi connectivity index (χ0n) is 22.9. The van der Waals surface area contributed by atoms with Crippen LogP contribution in [0.1, 0.15) is 46.6 Å². The van der Waals surface area contributed by atoms with Crippen molar-refractivity contribution < 1.29 is 8.83 Å². The molecule has 2 aliphatic carbocycles. The Morgan fingerprint density at radius 3 is 1.14 bits per heavy atom. The molecule has 7 heterocycles. The summed E-state index contributed by atoms with van der Waals surface area (Å²) in [5.74, 6) is 2.08. The summed E-state index contributed by atoms with van der Waals surface area (Å²) in [6.07, 6.45) is 10.0. The summed E-state index contributed by atoms with van der Waals surface area (Å²) in [5.41, 5.74) is 3.06. The molecule has 0 unspecified atom stereocenters. The molecule has 214 valence electrons. The van der Waals surface area contributed by atoms with Gasteiger partial charge in [0.1, 0.15) is 0 Å². The summed E-state index contributed by atoms with van der Waals surface area (Å²) in [6, 6.07) is 17.2. The van der Waals surface area contributed by atoms with E-state index >= 15 is 0 Å². The lowest BCUT2D eigenvalue weighted by atomic mass is 9.99. The van der Waals surface area contributed by atoms with Crippen molar-refractivity contribution in [3.8, 4) is 62.6 Å². The number of hydrogen-bond acceptors (Lipinski definition) is 11. The first-order valence-electron chi connectivity index (χ1n) is 14.5. The number of aryl methyl sites for hydroxylation is 4. The van der Waals surface area contributed by atoms with Crippen LogP contribution in [0.3, 0.4) is 0 Å². The predicted octanol–water partition coefficient (Wildman–Crippen LogP) is 10.5. The van der Waals surface area contributed by atoms with Crippen LogP contribution in [-0.4, -0.2) is 20.4 Å². The number of aromatic nitrogens is 4. The SMILES string of the molecule is c1cc(-c2nnc(-c3ccc(-c4cc5c(s4)CCCC5)s3)o2)sc1-c1nnc(-c2ccc(-c3cc4c(s3)CCCC4)s2)o1. The van der Waals surface area contributed by atoms with E-state index in [0.29, 0.717) is 23.6 Å². The maximum Gasteiger partial charge on any atom is 0.258 e. The van der Waals surface area contributed by atoms with Gasteiger partial charge in [0.05, 0.1) is 19.5 Å². The third-order valence-corrected chi connectivity index (χ3v) is 14.1. The van der Waals surface area contributed by atoms with Gasteiger partial charge >= 0.3 is 0 Å². The zero-order valence-corrected chi connectivity index (χ0v) is 27.0. The lowest BCUT2D eigenvalue weighted by molar-refractivity contribution is 0.587. The van der Waals surface area contributed by atoms with Gasteiger partial charge < -0.3 is 8.83 Å². The van der Waals surface area contributed by atoms with Gasteiger partial charge in [0.2, 0.25) is 0 Å². The fraction of sp³-hybridized carbons (Fsp3) is 0.250. The molecule has 0 amide bonds. The molecule has 0 saturated heterocycles. The smallest absolute Gasteiger partial charge is 0.258 e. The maximum absolute atomic E-state index is 6.12. The Hall–Kier alpha value is -3.22. The average Bonchev–Trinajstić information content (AvgIpc) is 3.88. The normalized spacial score (nSPS) is 14.7. The molecule has 0 aromatic carbocycles. The van der Waals surface area contributed by atoms with Gasteiger partial charge in [-0.1, -0.05) is 0 Å². The highest BCUT2D eigenvalue weighted by Crippen LogP contribution is 2.43. The monoisotopic (exact) mass is 656 g/mol. The first-order chi connectivity index (χ1) is 21.2. The summed E-state index contributed by atoms with van der Waals surface area (Å²) < 4.78 is 12.2. The van der Waals surface area contributed by atoms with Crippen LogP contribution in [-0.2, 0) is 25.7 Å². The fourth-order valence-corrected chi connectivity index (χ4v) is 11.2. The molecule has 7 aromatic rings. The number of rotatable bonds is 6. The molecule has 0 atom stereocenters. The molecule has 0 aliphatic heterocycles. The van der Waals surface area contributed by atoms with Gasteiger partial charge in [-0.15, -0.1) is 77.1 Å². The van der Waals surface area contributed by atoms with E-state index in [0.717, 1.165) is 19.5 Å². The summed E-state index contributed by atoms with van der Waals surface area (Å²) in [5, 5.41) is 17.4. The molecule has 2 aliphatic rings. The summed E-state index contributed by atoms with van der Waals surface area (Å²) in [4.78, 5) is 12.0. The molecule has 0 spiro atoms. The van der Waals surface area contributed by atoms with Gasteiger partial charge in [0.15, 0.2) is 0 Å². The number of thiophene rings is 5. The first kappa shape index (κ1) is 26.2. The highest BCUT2D eigenvalue weighted by atomic mass is 32.1. The molecular weight excluding hydrogens is 633 g/mol. The average molecular weight is 657 g/mol. The Morgan fingerprint density at radius 1 is 0.395 bits per heavy atom. The van der Waals surface area contributed by atoms with Gasteiger partial charge in [0.25, 0.3) is 23.6 Å². The highest BCUT2D eigenvalue weighted by molar-refractivity contribution is 7.24. The highest BCUT2D eigenvalue weighted by Gasteiger charge is 2.21. The van der Waals surface area contributed by atoms with Crippen LogP contribution in [0.25, 0.3) is 62.6 Å². The van der Waals surface area contributed by atoms with Gasteiger partial charge in [-0.2, -0.15) is 0 Å². The summed E-state index contributed by atoms with van der Waals surface area (Å²) in [7, 11) is 0. The van der Waals surface area contributed by atoms with Crippen molar-refractivity contribution >= 4 is 56.7 Å². The van der Waals surface area contributed by atoms with Crippen molar-refractivity contribution in [3.63, 3.8) is 0 Å². The van der Waals surface area contributed by atoms with Crippen LogP contribution in [0.4, 0.5) is 0 Å². The van der Waals surface area contributed by atoms with Crippen molar-refractivity contribution in [1.29, 1.82) is 0 Å². The van der Waals surface area contributed by atoms with E-state index in [1.54, 1.807) is 32.4 Å². The number of fused-ring (bicyclic) bond motifs is 2.